The second-order valence-electron chi connectivity index (χ2n) is 9.22. The molecule has 0 aliphatic heterocycles. The molecule has 2 aromatic carbocycles. The number of hydrogen-bond acceptors (Lipinski definition) is 7. The molecule has 2 N–H and O–H groups in total. The van der Waals surface area contributed by atoms with Crippen LogP contribution in [0.2, 0.25) is 10.0 Å². The molecular weight excluding hydrogens is 547 g/mol. The lowest BCUT2D eigenvalue weighted by molar-refractivity contribution is -0.385. The fourth-order valence-electron chi connectivity index (χ4n) is 3.58. The predicted octanol–water partition coefficient (Wildman–Crippen LogP) is 5.92. The van der Waals surface area contributed by atoms with Crippen molar-refractivity contribution < 1.29 is 23.7 Å². The Hall–Kier alpha value is -3.89. The maximum Gasteiger partial charge on any atom is 0.273 e. The van der Waals surface area contributed by atoms with Gasteiger partial charge in [-0.2, -0.15) is 5.10 Å². The van der Waals surface area contributed by atoms with Crippen LogP contribution < -0.4 is 15.5 Å². The van der Waals surface area contributed by atoms with E-state index >= 15 is 0 Å². The minimum atomic E-state index is -0.936. The number of carbonyl (C=O) groups excluding carboxylic acids is 2. The molecule has 12 heteroatoms. The fourth-order valence-corrected chi connectivity index (χ4v) is 4.03. The highest BCUT2D eigenvalue weighted by atomic mass is 35.5. The summed E-state index contributed by atoms with van der Waals surface area (Å²) in [4.78, 5) is 36.4. The van der Waals surface area contributed by atoms with Gasteiger partial charge in [-0.05, 0) is 56.5 Å². The first-order valence-corrected chi connectivity index (χ1v) is 12.8. The summed E-state index contributed by atoms with van der Waals surface area (Å²) < 4.78 is 11.3. The van der Waals surface area contributed by atoms with E-state index in [9.17, 15) is 19.7 Å². The topological polar surface area (TPSA) is 136 Å². The molecule has 206 valence electrons. The molecule has 0 spiro atoms. The molecule has 1 aromatic heterocycles. The van der Waals surface area contributed by atoms with Gasteiger partial charge in [0.1, 0.15) is 23.3 Å². The van der Waals surface area contributed by atoms with E-state index in [0.29, 0.717) is 34.1 Å². The largest absolute Gasteiger partial charge is 0.479 e. The zero-order valence-corrected chi connectivity index (χ0v) is 23.2. The number of benzene rings is 2. The summed E-state index contributed by atoms with van der Waals surface area (Å²) in [6, 6.07) is 11.8. The lowest BCUT2D eigenvalue weighted by atomic mass is 10.0. The molecule has 0 radical (unpaired) electrons. The summed E-state index contributed by atoms with van der Waals surface area (Å²) in [5, 5.41) is 18.5. The molecule has 2 atom stereocenters. The Kier molecular flexibility index (Phi) is 10.1. The standard InChI is InChI=1S/C27H28Cl2N4O6/c1-15(2)11-22(31-26(34)17(4)38-25-9-7-19(28)13-21(25)29)27(35)32-30-14-20-8-10-24(39-20)18-6-5-16(3)23(12-18)33(36)37/h5-10,12-15,17,22H,11H2,1-4H3,(H,31,34)(H,32,35)/b30-14-/t17-,22+/m0/s1. The number of nitro benzene ring substituents is 1. The summed E-state index contributed by atoms with van der Waals surface area (Å²) in [6.07, 6.45) is 0.722. The van der Waals surface area contributed by atoms with Crippen molar-refractivity contribution in [2.45, 2.75) is 46.3 Å². The fraction of sp³-hybridized carbons (Fsp3) is 0.296. The number of furan rings is 1. The Bertz CT molecular complexity index is 1390. The first-order valence-electron chi connectivity index (χ1n) is 12.0. The van der Waals surface area contributed by atoms with Crippen molar-refractivity contribution in [3.8, 4) is 17.1 Å². The summed E-state index contributed by atoms with van der Waals surface area (Å²) in [6.45, 7) is 7.04. The van der Waals surface area contributed by atoms with Crippen LogP contribution in [0.5, 0.6) is 5.75 Å². The van der Waals surface area contributed by atoms with Crippen molar-refractivity contribution in [3.63, 3.8) is 0 Å². The third-order valence-corrected chi connectivity index (χ3v) is 6.12. The molecule has 3 rings (SSSR count). The summed E-state index contributed by atoms with van der Waals surface area (Å²) in [7, 11) is 0. The van der Waals surface area contributed by atoms with E-state index in [0.717, 1.165) is 0 Å². The van der Waals surface area contributed by atoms with E-state index in [4.69, 9.17) is 32.4 Å². The van der Waals surface area contributed by atoms with Crippen molar-refractivity contribution in [1.82, 2.24) is 10.7 Å². The molecule has 0 saturated carbocycles. The van der Waals surface area contributed by atoms with Crippen LogP contribution in [0.1, 0.15) is 38.5 Å². The number of nitro groups is 1. The lowest BCUT2D eigenvalue weighted by Gasteiger charge is -2.22. The Morgan fingerprint density at radius 3 is 2.51 bits per heavy atom. The smallest absolute Gasteiger partial charge is 0.273 e. The third-order valence-electron chi connectivity index (χ3n) is 5.59. The summed E-state index contributed by atoms with van der Waals surface area (Å²) in [5.41, 5.74) is 3.48. The van der Waals surface area contributed by atoms with Gasteiger partial charge >= 0.3 is 0 Å². The van der Waals surface area contributed by atoms with E-state index < -0.39 is 28.9 Å². The van der Waals surface area contributed by atoms with Gasteiger partial charge in [-0.15, -0.1) is 0 Å². The number of nitrogens with zero attached hydrogens (tertiary/aromatic N) is 2. The molecule has 39 heavy (non-hydrogen) atoms. The normalized spacial score (nSPS) is 12.8. The number of amides is 2. The predicted molar refractivity (Wildman–Crippen MR) is 149 cm³/mol. The highest BCUT2D eigenvalue weighted by molar-refractivity contribution is 6.35. The van der Waals surface area contributed by atoms with Gasteiger partial charge in [0.25, 0.3) is 17.5 Å². The molecule has 1 heterocycles. The Morgan fingerprint density at radius 1 is 1.10 bits per heavy atom. The Balaban J connectivity index is 1.63. The molecular formula is C27H28Cl2N4O6. The van der Waals surface area contributed by atoms with Crippen molar-refractivity contribution in [2.75, 3.05) is 0 Å². The van der Waals surface area contributed by atoms with Crippen molar-refractivity contribution in [2.24, 2.45) is 11.0 Å². The number of halogens is 2. The molecule has 0 fully saturated rings. The Morgan fingerprint density at radius 2 is 1.85 bits per heavy atom. The average molecular weight is 575 g/mol. The highest BCUT2D eigenvalue weighted by Crippen LogP contribution is 2.29. The number of rotatable bonds is 11. The molecule has 3 aromatic rings. The van der Waals surface area contributed by atoms with Crippen molar-refractivity contribution >= 4 is 46.9 Å². The molecule has 2 amide bonds. The first kappa shape index (κ1) is 29.7. The van der Waals surface area contributed by atoms with Gasteiger partial charge in [0.15, 0.2) is 6.10 Å². The number of ether oxygens (including phenoxy) is 1. The second-order valence-corrected chi connectivity index (χ2v) is 10.1. The van der Waals surface area contributed by atoms with Crippen LogP contribution >= 0.6 is 23.2 Å². The maximum atomic E-state index is 12.8. The molecule has 0 aliphatic rings. The van der Waals surface area contributed by atoms with E-state index in [1.54, 1.807) is 50.2 Å². The number of carbonyl (C=O) groups is 2. The van der Waals surface area contributed by atoms with Crippen molar-refractivity contribution in [1.29, 1.82) is 0 Å². The van der Waals surface area contributed by atoms with E-state index in [-0.39, 0.29) is 22.4 Å². The zero-order valence-electron chi connectivity index (χ0n) is 21.7. The third kappa shape index (κ3) is 8.30. The van der Waals surface area contributed by atoms with Crippen LogP contribution in [0, 0.1) is 23.0 Å². The minimum Gasteiger partial charge on any atom is -0.479 e. The molecule has 0 bridgehead atoms. The number of hydrogen-bond donors (Lipinski definition) is 2. The van der Waals surface area contributed by atoms with Gasteiger partial charge in [-0.1, -0.05) is 49.2 Å². The van der Waals surface area contributed by atoms with Crippen LogP contribution in [0.4, 0.5) is 5.69 Å². The van der Waals surface area contributed by atoms with Gasteiger partial charge in [-0.3, -0.25) is 19.7 Å². The average Bonchev–Trinajstić information content (AvgIpc) is 3.33. The van der Waals surface area contributed by atoms with E-state index in [1.807, 2.05) is 13.8 Å². The van der Waals surface area contributed by atoms with Crippen LogP contribution in [-0.4, -0.2) is 35.1 Å². The SMILES string of the molecule is Cc1ccc(-c2ccc(/C=N\NC(=O)[C@@H](CC(C)C)NC(=O)[C@H](C)Oc3ccc(Cl)cc3Cl)o2)cc1[N+](=O)[O-]. The highest BCUT2D eigenvalue weighted by Gasteiger charge is 2.25. The minimum absolute atomic E-state index is 0.0133. The number of aryl methyl sites for hydroxylation is 1. The number of nitrogens with one attached hydrogen (secondary N) is 2. The monoisotopic (exact) mass is 574 g/mol. The zero-order chi connectivity index (χ0) is 28.7. The van der Waals surface area contributed by atoms with E-state index in [2.05, 4.69) is 15.8 Å². The van der Waals surface area contributed by atoms with Gasteiger partial charge < -0.3 is 14.5 Å². The van der Waals surface area contributed by atoms with Gasteiger partial charge in [0.05, 0.1) is 16.2 Å². The van der Waals surface area contributed by atoms with Gasteiger partial charge in [-0.25, -0.2) is 5.43 Å². The molecule has 0 saturated heterocycles. The summed E-state index contributed by atoms with van der Waals surface area (Å²) >= 11 is 12.0. The maximum absolute atomic E-state index is 12.8. The van der Waals surface area contributed by atoms with Gasteiger partial charge in [0, 0.05) is 22.2 Å². The van der Waals surface area contributed by atoms with Crippen LogP contribution in [0.25, 0.3) is 11.3 Å². The van der Waals surface area contributed by atoms with E-state index in [1.165, 1.54) is 18.3 Å². The second kappa shape index (κ2) is 13.3. The Labute approximate surface area is 235 Å². The molecule has 0 aliphatic carbocycles. The first-order chi connectivity index (χ1) is 18.4. The molecule has 0 unspecified atom stereocenters. The van der Waals surface area contributed by atoms with Gasteiger partial charge in [0.2, 0.25) is 0 Å². The van der Waals surface area contributed by atoms with Crippen LogP contribution in [-0.2, 0) is 9.59 Å². The van der Waals surface area contributed by atoms with Crippen molar-refractivity contribution in [3.05, 3.63) is 80.0 Å². The van der Waals surface area contributed by atoms with Crippen LogP contribution in [0.15, 0.2) is 58.0 Å². The van der Waals surface area contributed by atoms with Crippen LogP contribution in [0.3, 0.4) is 0 Å². The lowest BCUT2D eigenvalue weighted by Crippen LogP contribution is -2.49. The quantitative estimate of drug-likeness (QED) is 0.166. The number of hydrazone groups is 1. The summed E-state index contributed by atoms with van der Waals surface area (Å²) in [5.74, 6) is 0.0828. The molecule has 10 nitrogen and oxygen atoms in total.